The Morgan fingerprint density at radius 3 is 3.17 bits per heavy atom. The second-order valence-corrected chi connectivity index (χ2v) is 5.91. The zero-order valence-electron chi connectivity index (χ0n) is 10.3. The largest absolute Gasteiger partial charge is 0.358 e. The molecule has 96 valence electrons. The van der Waals surface area contributed by atoms with Gasteiger partial charge >= 0.3 is 0 Å². The molecule has 2 aromatic rings. The fourth-order valence-corrected chi connectivity index (χ4v) is 2.86. The van der Waals surface area contributed by atoms with Gasteiger partial charge < -0.3 is 5.32 Å². The second kappa shape index (κ2) is 4.68. The molecular weight excluding hydrogens is 248 g/mol. The van der Waals surface area contributed by atoms with Gasteiger partial charge in [0, 0.05) is 18.3 Å². The molecule has 0 amide bonds. The average molecular weight is 264 g/mol. The van der Waals surface area contributed by atoms with Crippen LogP contribution in [0.15, 0.2) is 17.1 Å². The molecule has 0 spiro atoms. The molecule has 1 unspecified atom stereocenters. The highest BCUT2D eigenvalue weighted by molar-refractivity contribution is 7.20. The number of rotatable bonds is 5. The standard InChI is InChI=1S/C12H16N4OS/c1-8(2-3-9-4-5-9)14-11-15-16-10(17)6-7-13-12(16)18-11/h6-9H,2-5H2,1H3,(H,14,15). The van der Waals surface area contributed by atoms with Gasteiger partial charge in [0.25, 0.3) is 5.56 Å². The van der Waals surface area contributed by atoms with E-state index in [1.54, 1.807) is 0 Å². The van der Waals surface area contributed by atoms with Crippen molar-refractivity contribution in [2.45, 2.75) is 38.6 Å². The molecule has 5 nitrogen and oxygen atoms in total. The highest BCUT2D eigenvalue weighted by Gasteiger charge is 2.21. The van der Waals surface area contributed by atoms with Crippen molar-refractivity contribution in [2.24, 2.45) is 5.92 Å². The van der Waals surface area contributed by atoms with Crippen LogP contribution in [0.5, 0.6) is 0 Å². The smallest absolute Gasteiger partial charge is 0.275 e. The first-order valence-electron chi connectivity index (χ1n) is 6.34. The van der Waals surface area contributed by atoms with E-state index in [4.69, 9.17) is 0 Å². The summed E-state index contributed by atoms with van der Waals surface area (Å²) in [5.41, 5.74) is -0.130. The van der Waals surface area contributed by atoms with Crippen LogP contribution in [0, 0.1) is 5.92 Å². The lowest BCUT2D eigenvalue weighted by Gasteiger charge is -2.11. The van der Waals surface area contributed by atoms with Crippen LogP contribution in [0.4, 0.5) is 5.13 Å². The Hall–Kier alpha value is -1.43. The molecule has 18 heavy (non-hydrogen) atoms. The van der Waals surface area contributed by atoms with Crippen molar-refractivity contribution in [3.05, 3.63) is 22.6 Å². The maximum Gasteiger partial charge on any atom is 0.275 e. The third kappa shape index (κ3) is 2.53. The number of anilines is 1. The molecule has 0 aliphatic heterocycles. The Bertz CT molecular complexity index is 601. The Morgan fingerprint density at radius 2 is 2.44 bits per heavy atom. The minimum Gasteiger partial charge on any atom is -0.358 e. The summed E-state index contributed by atoms with van der Waals surface area (Å²) in [4.78, 5) is 16.3. The lowest BCUT2D eigenvalue weighted by atomic mass is 10.1. The van der Waals surface area contributed by atoms with Crippen molar-refractivity contribution >= 4 is 21.4 Å². The maximum absolute atomic E-state index is 11.5. The molecular formula is C12H16N4OS. The quantitative estimate of drug-likeness (QED) is 0.899. The summed E-state index contributed by atoms with van der Waals surface area (Å²) in [6, 6.07) is 1.81. The first-order valence-corrected chi connectivity index (χ1v) is 7.15. The summed E-state index contributed by atoms with van der Waals surface area (Å²) < 4.78 is 1.35. The Balaban J connectivity index is 1.69. The Labute approximate surface area is 109 Å². The van der Waals surface area contributed by atoms with Gasteiger partial charge in [-0.05, 0) is 25.7 Å². The number of nitrogens with one attached hydrogen (secondary N) is 1. The van der Waals surface area contributed by atoms with Crippen LogP contribution >= 0.6 is 11.3 Å². The molecule has 3 rings (SSSR count). The second-order valence-electron chi connectivity index (χ2n) is 4.95. The van der Waals surface area contributed by atoms with E-state index >= 15 is 0 Å². The summed E-state index contributed by atoms with van der Waals surface area (Å²) in [5, 5.41) is 8.37. The molecule has 0 bridgehead atoms. The number of aromatic nitrogens is 3. The van der Waals surface area contributed by atoms with Crippen LogP contribution in [0.25, 0.3) is 4.96 Å². The SMILES string of the molecule is CC(CCC1CC1)Nc1nn2c(=O)ccnc2s1. The third-order valence-electron chi connectivity index (χ3n) is 3.25. The van der Waals surface area contributed by atoms with Gasteiger partial charge in [-0.1, -0.05) is 24.2 Å². The fraction of sp³-hybridized carbons (Fsp3) is 0.583. The van der Waals surface area contributed by atoms with Crippen molar-refractivity contribution < 1.29 is 0 Å². The lowest BCUT2D eigenvalue weighted by molar-refractivity contribution is 0.609. The molecule has 0 radical (unpaired) electrons. The van der Waals surface area contributed by atoms with Crippen LogP contribution in [-0.4, -0.2) is 20.6 Å². The number of hydrogen-bond donors (Lipinski definition) is 1. The zero-order chi connectivity index (χ0) is 12.5. The lowest BCUT2D eigenvalue weighted by Crippen LogP contribution is -2.16. The highest BCUT2D eigenvalue weighted by Crippen LogP contribution is 2.34. The predicted molar refractivity (Wildman–Crippen MR) is 72.2 cm³/mol. The van der Waals surface area contributed by atoms with Crippen molar-refractivity contribution in [1.82, 2.24) is 14.6 Å². The minimum atomic E-state index is -0.130. The third-order valence-corrected chi connectivity index (χ3v) is 4.10. The maximum atomic E-state index is 11.5. The molecule has 1 fully saturated rings. The van der Waals surface area contributed by atoms with E-state index in [0.717, 1.165) is 17.5 Å². The Kier molecular flexibility index (Phi) is 3.03. The molecule has 2 heterocycles. The fourth-order valence-electron chi connectivity index (χ4n) is 1.98. The topological polar surface area (TPSA) is 59.3 Å². The van der Waals surface area contributed by atoms with Crippen molar-refractivity contribution in [3.63, 3.8) is 0 Å². The van der Waals surface area contributed by atoms with Crippen LogP contribution in [0.2, 0.25) is 0 Å². The van der Waals surface area contributed by atoms with E-state index < -0.39 is 0 Å². The molecule has 1 atom stereocenters. The molecule has 0 saturated heterocycles. The van der Waals surface area contributed by atoms with Gasteiger partial charge in [0.2, 0.25) is 10.1 Å². The van der Waals surface area contributed by atoms with E-state index in [9.17, 15) is 4.79 Å². The zero-order valence-corrected chi connectivity index (χ0v) is 11.1. The summed E-state index contributed by atoms with van der Waals surface area (Å²) in [7, 11) is 0. The van der Waals surface area contributed by atoms with Gasteiger partial charge in [0.15, 0.2) is 0 Å². The van der Waals surface area contributed by atoms with Gasteiger partial charge in [-0.15, -0.1) is 5.10 Å². The van der Waals surface area contributed by atoms with Crippen LogP contribution in [0.1, 0.15) is 32.6 Å². The molecule has 1 saturated carbocycles. The Morgan fingerprint density at radius 1 is 1.61 bits per heavy atom. The van der Waals surface area contributed by atoms with Gasteiger partial charge in [0.1, 0.15) is 0 Å². The van der Waals surface area contributed by atoms with Crippen LogP contribution < -0.4 is 10.9 Å². The highest BCUT2D eigenvalue weighted by atomic mass is 32.1. The molecule has 2 aromatic heterocycles. The molecule has 6 heteroatoms. The van der Waals surface area contributed by atoms with E-state index in [1.807, 2.05) is 0 Å². The monoisotopic (exact) mass is 264 g/mol. The van der Waals surface area contributed by atoms with Crippen molar-refractivity contribution in [1.29, 1.82) is 0 Å². The summed E-state index contributed by atoms with van der Waals surface area (Å²) in [5.74, 6) is 0.953. The van der Waals surface area contributed by atoms with Gasteiger partial charge in [-0.3, -0.25) is 4.79 Å². The average Bonchev–Trinajstić information content (AvgIpc) is 3.07. The summed E-state index contributed by atoms with van der Waals surface area (Å²) in [6.45, 7) is 2.16. The molecule has 1 aliphatic rings. The molecule has 1 N–H and O–H groups in total. The minimum absolute atomic E-state index is 0.130. The number of hydrogen-bond acceptors (Lipinski definition) is 5. The predicted octanol–water partition coefficient (Wildman–Crippen LogP) is 2.14. The normalized spacial score (nSPS) is 16.9. The van der Waals surface area contributed by atoms with Gasteiger partial charge in [-0.25, -0.2) is 4.98 Å². The number of fused-ring (bicyclic) bond motifs is 1. The van der Waals surface area contributed by atoms with E-state index in [0.29, 0.717) is 11.0 Å². The first-order chi connectivity index (χ1) is 8.72. The number of nitrogens with zero attached hydrogens (tertiary/aromatic N) is 3. The van der Waals surface area contributed by atoms with E-state index in [1.165, 1.54) is 47.4 Å². The molecule has 0 aromatic carbocycles. The van der Waals surface area contributed by atoms with Crippen LogP contribution in [-0.2, 0) is 0 Å². The first kappa shape index (κ1) is 11.6. The van der Waals surface area contributed by atoms with Crippen molar-refractivity contribution in [2.75, 3.05) is 5.32 Å². The van der Waals surface area contributed by atoms with E-state index in [2.05, 4.69) is 22.3 Å². The molecule has 1 aliphatic carbocycles. The summed E-state index contributed by atoms with van der Waals surface area (Å²) >= 11 is 1.42. The van der Waals surface area contributed by atoms with Crippen molar-refractivity contribution in [3.8, 4) is 0 Å². The van der Waals surface area contributed by atoms with Gasteiger partial charge in [-0.2, -0.15) is 4.52 Å². The summed E-state index contributed by atoms with van der Waals surface area (Å²) in [6.07, 6.45) is 6.76. The van der Waals surface area contributed by atoms with Gasteiger partial charge in [0.05, 0.1) is 0 Å². The van der Waals surface area contributed by atoms with Crippen LogP contribution in [0.3, 0.4) is 0 Å². The van der Waals surface area contributed by atoms with E-state index in [-0.39, 0.29) is 5.56 Å².